The van der Waals surface area contributed by atoms with E-state index in [0.717, 1.165) is 0 Å². The molecular weight excluding hydrogens is 492 g/mol. The summed E-state index contributed by atoms with van der Waals surface area (Å²) in [6, 6.07) is 8.65. The number of nitrogens with zero attached hydrogens (tertiary/aromatic N) is 3. The third kappa shape index (κ3) is 6.23. The Labute approximate surface area is 205 Å². The molecule has 1 aromatic heterocycles. The summed E-state index contributed by atoms with van der Waals surface area (Å²) in [4.78, 5) is 23.1. The van der Waals surface area contributed by atoms with Crippen LogP contribution in [0.3, 0.4) is 0 Å². The van der Waals surface area contributed by atoms with Crippen molar-refractivity contribution < 1.29 is 14.3 Å². The van der Waals surface area contributed by atoms with Gasteiger partial charge < -0.3 is 15.7 Å². The molecule has 0 aliphatic heterocycles. The summed E-state index contributed by atoms with van der Waals surface area (Å²) >= 11 is 18.3. The fraction of sp³-hybridized carbons (Fsp3) is 0.227. The average Bonchev–Trinajstić information content (AvgIpc) is 2.73. The van der Waals surface area contributed by atoms with Gasteiger partial charge in [-0.2, -0.15) is 4.98 Å². The number of carbonyl (C=O) groups excluding carboxylic acids is 1. The van der Waals surface area contributed by atoms with Gasteiger partial charge in [-0.1, -0.05) is 34.8 Å². The van der Waals surface area contributed by atoms with Gasteiger partial charge in [-0.05, 0) is 57.2 Å². The molecular formula is C22H21Cl3FN5O2. The number of aromatic nitrogens is 2. The molecule has 2 amide bonds. The summed E-state index contributed by atoms with van der Waals surface area (Å²) in [5, 5.41) is 16.4. The van der Waals surface area contributed by atoms with E-state index in [1.165, 1.54) is 53.6 Å². The van der Waals surface area contributed by atoms with Crippen LogP contribution in [0.5, 0.6) is 0 Å². The molecule has 3 N–H and O–H groups in total. The van der Waals surface area contributed by atoms with Crippen LogP contribution in [-0.4, -0.2) is 32.7 Å². The van der Waals surface area contributed by atoms with Gasteiger partial charge in [0.15, 0.2) is 0 Å². The van der Waals surface area contributed by atoms with E-state index in [0.29, 0.717) is 5.69 Å². The minimum Gasteiger partial charge on any atom is -0.388 e. The van der Waals surface area contributed by atoms with Crippen LogP contribution < -0.4 is 15.5 Å². The highest BCUT2D eigenvalue weighted by Gasteiger charge is 2.25. The maximum atomic E-state index is 13.5. The molecule has 11 heteroatoms. The van der Waals surface area contributed by atoms with E-state index in [1.807, 2.05) is 0 Å². The molecule has 0 saturated heterocycles. The van der Waals surface area contributed by atoms with Crippen LogP contribution in [0, 0.1) is 5.82 Å². The molecule has 1 heterocycles. The number of urea groups is 1. The molecule has 0 bridgehead atoms. The van der Waals surface area contributed by atoms with Crippen LogP contribution in [0.2, 0.25) is 15.1 Å². The smallest absolute Gasteiger partial charge is 0.332 e. The molecule has 3 rings (SSSR count). The van der Waals surface area contributed by atoms with E-state index in [9.17, 15) is 14.3 Å². The van der Waals surface area contributed by atoms with Crippen molar-refractivity contribution in [3.05, 3.63) is 69.5 Å². The van der Waals surface area contributed by atoms with Crippen LogP contribution in [0.15, 0.2) is 48.7 Å². The molecule has 0 spiro atoms. The predicted molar refractivity (Wildman–Crippen MR) is 130 cm³/mol. The molecule has 7 nitrogen and oxygen atoms in total. The van der Waals surface area contributed by atoms with Gasteiger partial charge in [-0.25, -0.2) is 19.1 Å². The van der Waals surface area contributed by atoms with Crippen molar-refractivity contribution in [1.82, 2.24) is 9.97 Å². The first-order valence-corrected chi connectivity index (χ1v) is 10.9. The second kappa shape index (κ2) is 10.1. The number of halogens is 4. The van der Waals surface area contributed by atoms with Crippen molar-refractivity contribution in [2.45, 2.75) is 32.4 Å². The monoisotopic (exact) mass is 511 g/mol. The quantitative estimate of drug-likeness (QED) is 0.327. The number of benzene rings is 2. The Kier molecular flexibility index (Phi) is 7.64. The molecule has 0 unspecified atom stereocenters. The number of rotatable bonds is 6. The van der Waals surface area contributed by atoms with E-state index >= 15 is 0 Å². The highest BCUT2D eigenvalue weighted by Crippen LogP contribution is 2.34. The normalized spacial score (nSPS) is 12.2. The van der Waals surface area contributed by atoms with E-state index in [1.54, 1.807) is 20.8 Å². The largest absolute Gasteiger partial charge is 0.388 e. The van der Waals surface area contributed by atoms with Gasteiger partial charge in [0.1, 0.15) is 11.6 Å². The van der Waals surface area contributed by atoms with E-state index in [4.69, 9.17) is 34.8 Å². The molecule has 3 aromatic rings. The lowest BCUT2D eigenvalue weighted by Crippen LogP contribution is -2.40. The third-order valence-corrected chi connectivity index (χ3v) is 5.82. The van der Waals surface area contributed by atoms with Crippen LogP contribution in [-0.2, 0) is 0 Å². The Morgan fingerprint density at radius 1 is 1.15 bits per heavy atom. The van der Waals surface area contributed by atoms with Gasteiger partial charge in [-0.15, -0.1) is 0 Å². The number of hydrogen-bond donors (Lipinski definition) is 3. The van der Waals surface area contributed by atoms with Gasteiger partial charge in [0.25, 0.3) is 0 Å². The lowest BCUT2D eigenvalue weighted by Gasteiger charge is -2.27. The molecule has 0 saturated carbocycles. The van der Waals surface area contributed by atoms with E-state index in [2.05, 4.69) is 20.6 Å². The molecule has 0 fully saturated rings. The van der Waals surface area contributed by atoms with E-state index in [-0.39, 0.29) is 32.5 Å². The summed E-state index contributed by atoms with van der Waals surface area (Å²) < 4.78 is 13.5. The Morgan fingerprint density at radius 2 is 1.82 bits per heavy atom. The SMILES string of the molecule is C[C@H](Nc1nccc(N(C(=O)Nc2cc(Cl)cc(Cl)c2Cl)c2ccc(F)cc2)n1)C(C)(C)O. The number of hydrogen-bond acceptors (Lipinski definition) is 5. The maximum Gasteiger partial charge on any atom is 0.332 e. The van der Waals surface area contributed by atoms with Crippen molar-refractivity contribution in [2.24, 2.45) is 0 Å². The topological polar surface area (TPSA) is 90.4 Å². The first-order chi connectivity index (χ1) is 15.5. The zero-order valence-electron chi connectivity index (χ0n) is 17.9. The van der Waals surface area contributed by atoms with Crippen molar-refractivity contribution in [3.63, 3.8) is 0 Å². The average molecular weight is 513 g/mol. The fourth-order valence-corrected chi connectivity index (χ4v) is 3.33. The van der Waals surface area contributed by atoms with Crippen molar-refractivity contribution in [1.29, 1.82) is 0 Å². The Balaban J connectivity index is 2.00. The lowest BCUT2D eigenvalue weighted by molar-refractivity contribution is 0.0646. The Bertz CT molecular complexity index is 1160. The first kappa shape index (κ1) is 25.0. The van der Waals surface area contributed by atoms with Crippen LogP contribution in [0.1, 0.15) is 20.8 Å². The summed E-state index contributed by atoms with van der Waals surface area (Å²) in [6.45, 7) is 5.06. The Morgan fingerprint density at radius 3 is 2.45 bits per heavy atom. The van der Waals surface area contributed by atoms with Gasteiger partial charge in [-0.3, -0.25) is 0 Å². The zero-order valence-corrected chi connectivity index (χ0v) is 20.2. The highest BCUT2D eigenvalue weighted by molar-refractivity contribution is 6.45. The third-order valence-electron chi connectivity index (χ3n) is 4.80. The molecule has 0 radical (unpaired) electrons. The number of anilines is 4. The Hall–Kier alpha value is -2.65. The molecule has 33 heavy (non-hydrogen) atoms. The van der Waals surface area contributed by atoms with Gasteiger partial charge in [0.2, 0.25) is 5.95 Å². The summed E-state index contributed by atoms with van der Waals surface area (Å²) in [5.41, 5.74) is -0.525. The summed E-state index contributed by atoms with van der Waals surface area (Å²) in [5.74, 6) is -0.0949. The molecule has 0 aliphatic rings. The minimum absolute atomic E-state index is 0.109. The summed E-state index contributed by atoms with van der Waals surface area (Å²) in [7, 11) is 0. The van der Waals surface area contributed by atoms with Crippen molar-refractivity contribution >= 4 is 64.0 Å². The zero-order chi connectivity index (χ0) is 24.3. The first-order valence-electron chi connectivity index (χ1n) is 9.79. The fourth-order valence-electron chi connectivity index (χ4n) is 2.68. The second-order valence-electron chi connectivity index (χ2n) is 7.75. The summed E-state index contributed by atoms with van der Waals surface area (Å²) in [6.07, 6.45) is 1.45. The highest BCUT2D eigenvalue weighted by atomic mass is 35.5. The number of carbonyl (C=O) groups is 1. The number of nitrogens with one attached hydrogen (secondary N) is 2. The lowest BCUT2D eigenvalue weighted by atomic mass is 10.0. The van der Waals surface area contributed by atoms with Crippen molar-refractivity contribution in [3.8, 4) is 0 Å². The predicted octanol–water partition coefficient (Wildman–Crippen LogP) is 6.52. The molecule has 174 valence electrons. The number of amides is 2. The van der Waals surface area contributed by atoms with Crippen LogP contribution >= 0.6 is 34.8 Å². The standard InChI is InChI=1S/C22H21Cl3FN5O2/c1-12(22(2,3)33)28-20-27-9-8-18(30-20)31(15-6-4-14(26)5-7-15)21(32)29-17-11-13(23)10-16(24)19(17)25/h4-12,33H,1-3H3,(H,29,32)(H,27,28,30)/t12-/m0/s1. The van der Waals surface area contributed by atoms with Crippen LogP contribution in [0.25, 0.3) is 0 Å². The second-order valence-corrected chi connectivity index (χ2v) is 8.97. The number of aliphatic hydroxyl groups is 1. The molecule has 0 aliphatic carbocycles. The van der Waals surface area contributed by atoms with Crippen molar-refractivity contribution in [2.75, 3.05) is 15.5 Å². The van der Waals surface area contributed by atoms with Gasteiger partial charge >= 0.3 is 6.03 Å². The molecule has 2 aromatic carbocycles. The van der Waals surface area contributed by atoms with E-state index < -0.39 is 23.5 Å². The van der Waals surface area contributed by atoms with Gasteiger partial charge in [0.05, 0.1) is 33.1 Å². The van der Waals surface area contributed by atoms with Crippen LogP contribution in [0.4, 0.5) is 32.3 Å². The maximum absolute atomic E-state index is 13.5. The minimum atomic E-state index is -1.05. The van der Waals surface area contributed by atoms with Gasteiger partial charge in [0, 0.05) is 17.3 Å². The molecule has 1 atom stereocenters.